The summed E-state index contributed by atoms with van der Waals surface area (Å²) in [4.78, 5) is 24.3. The number of carbonyl (C=O) groups excluding carboxylic acids is 2. The molecular weight excluding hydrogens is 389 g/mol. The molecule has 2 heterocycles. The Hall–Kier alpha value is -2.72. The molecular formula is C18H20FN3O5S. The van der Waals surface area contributed by atoms with Crippen molar-refractivity contribution in [3.8, 4) is 0 Å². The predicted octanol–water partition coefficient (Wildman–Crippen LogP) is 1.74. The minimum absolute atomic E-state index is 0.0862. The summed E-state index contributed by atoms with van der Waals surface area (Å²) in [5.41, 5.74) is 0.468. The Bertz CT molecular complexity index is 1000. The fourth-order valence-corrected chi connectivity index (χ4v) is 4.90. The lowest BCUT2D eigenvalue weighted by Gasteiger charge is -2.22. The monoisotopic (exact) mass is 409 g/mol. The number of nitrogens with zero attached hydrogens (tertiary/aromatic N) is 2. The fourth-order valence-electron chi connectivity index (χ4n) is 3.17. The summed E-state index contributed by atoms with van der Waals surface area (Å²) in [6.07, 6.45) is 2.20. The summed E-state index contributed by atoms with van der Waals surface area (Å²) in [6, 6.07) is 5.56. The molecule has 1 aromatic heterocycles. The zero-order valence-corrected chi connectivity index (χ0v) is 16.2. The number of halogens is 1. The van der Waals surface area contributed by atoms with Gasteiger partial charge in [-0.3, -0.25) is 4.79 Å². The number of methoxy groups -OCH3 is 1. The van der Waals surface area contributed by atoms with E-state index in [1.807, 2.05) is 0 Å². The van der Waals surface area contributed by atoms with Crippen LogP contribution in [-0.2, 0) is 26.6 Å². The summed E-state index contributed by atoms with van der Waals surface area (Å²) < 4.78 is 46.3. The van der Waals surface area contributed by atoms with Crippen LogP contribution in [0.25, 0.3) is 0 Å². The fraction of sp³-hybridized carbons (Fsp3) is 0.333. The highest BCUT2D eigenvalue weighted by molar-refractivity contribution is 7.89. The first-order valence-corrected chi connectivity index (χ1v) is 10.0. The van der Waals surface area contributed by atoms with Crippen molar-refractivity contribution < 1.29 is 27.1 Å². The predicted molar refractivity (Wildman–Crippen MR) is 98.7 cm³/mol. The van der Waals surface area contributed by atoms with Crippen LogP contribution in [0, 0.1) is 5.82 Å². The van der Waals surface area contributed by atoms with Crippen LogP contribution in [0.3, 0.4) is 0 Å². The number of hydrogen-bond donors (Lipinski definition) is 1. The first kappa shape index (κ1) is 20.0. The Morgan fingerprint density at radius 2 is 1.93 bits per heavy atom. The van der Waals surface area contributed by atoms with Gasteiger partial charge in [0.25, 0.3) is 0 Å². The normalized spacial score (nSPS) is 17.5. The molecule has 3 rings (SSSR count). The molecule has 0 spiro atoms. The molecule has 0 bridgehead atoms. The largest absolute Gasteiger partial charge is 0.464 e. The maximum atomic E-state index is 13.1. The van der Waals surface area contributed by atoms with Gasteiger partial charge in [0.15, 0.2) is 0 Å². The number of sulfonamides is 1. The van der Waals surface area contributed by atoms with Crippen molar-refractivity contribution in [1.82, 2.24) is 8.87 Å². The first-order chi connectivity index (χ1) is 13.2. The Kier molecular flexibility index (Phi) is 5.52. The highest BCUT2D eigenvalue weighted by atomic mass is 32.2. The molecule has 8 nitrogen and oxygen atoms in total. The van der Waals surface area contributed by atoms with Crippen LogP contribution in [0.2, 0.25) is 0 Å². The molecule has 10 heteroatoms. The second-order valence-corrected chi connectivity index (χ2v) is 8.32. The van der Waals surface area contributed by atoms with E-state index in [0.717, 1.165) is 4.31 Å². The number of hydrogen-bond acceptors (Lipinski definition) is 5. The maximum absolute atomic E-state index is 13.1. The van der Waals surface area contributed by atoms with Gasteiger partial charge in [0.2, 0.25) is 15.9 Å². The number of carbonyl (C=O) groups is 2. The van der Waals surface area contributed by atoms with Crippen molar-refractivity contribution >= 4 is 27.6 Å². The minimum Gasteiger partial charge on any atom is -0.464 e. The molecule has 1 amide bonds. The third-order valence-corrected chi connectivity index (χ3v) is 6.47. The average Bonchev–Trinajstić information content (AvgIpc) is 3.30. The molecule has 1 N–H and O–H groups in total. The van der Waals surface area contributed by atoms with Crippen molar-refractivity contribution in [3.05, 3.63) is 48.0 Å². The zero-order chi connectivity index (χ0) is 20.5. The quantitative estimate of drug-likeness (QED) is 0.759. The molecule has 1 unspecified atom stereocenters. The van der Waals surface area contributed by atoms with E-state index >= 15 is 0 Å². The number of aromatic nitrogens is 1. The van der Waals surface area contributed by atoms with Gasteiger partial charge >= 0.3 is 5.97 Å². The summed E-state index contributed by atoms with van der Waals surface area (Å²) in [6.45, 7) is 0.187. The van der Waals surface area contributed by atoms with Gasteiger partial charge in [-0.1, -0.05) is 0 Å². The molecule has 2 aromatic rings. The number of ether oxygens (including phenoxy) is 1. The lowest BCUT2D eigenvalue weighted by atomic mass is 10.2. The van der Waals surface area contributed by atoms with Gasteiger partial charge in [-0.2, -0.15) is 4.31 Å². The smallest absolute Gasteiger partial charge is 0.354 e. The van der Waals surface area contributed by atoms with Crippen molar-refractivity contribution in [1.29, 1.82) is 0 Å². The summed E-state index contributed by atoms with van der Waals surface area (Å²) >= 11 is 0. The van der Waals surface area contributed by atoms with Gasteiger partial charge in [0.05, 0.1) is 7.11 Å². The highest BCUT2D eigenvalue weighted by Gasteiger charge is 2.40. The van der Waals surface area contributed by atoms with Gasteiger partial charge in [0.1, 0.15) is 22.4 Å². The van der Waals surface area contributed by atoms with Crippen LogP contribution < -0.4 is 5.32 Å². The van der Waals surface area contributed by atoms with Crippen molar-refractivity contribution in [2.24, 2.45) is 7.05 Å². The van der Waals surface area contributed by atoms with Crippen LogP contribution in [0.1, 0.15) is 23.3 Å². The van der Waals surface area contributed by atoms with Gasteiger partial charge < -0.3 is 14.6 Å². The topological polar surface area (TPSA) is 97.7 Å². The number of aryl methyl sites for hydroxylation is 1. The molecule has 1 saturated heterocycles. The summed E-state index contributed by atoms with van der Waals surface area (Å²) in [5, 5.41) is 2.62. The molecule has 1 atom stereocenters. The van der Waals surface area contributed by atoms with Crippen molar-refractivity contribution in [2.75, 3.05) is 19.0 Å². The van der Waals surface area contributed by atoms with E-state index in [2.05, 4.69) is 10.1 Å². The third kappa shape index (κ3) is 3.78. The van der Waals surface area contributed by atoms with Crippen LogP contribution in [0.4, 0.5) is 10.1 Å². The lowest BCUT2D eigenvalue weighted by Crippen LogP contribution is -2.43. The molecule has 1 aliphatic heterocycles. The SMILES string of the molecule is COC(=O)c1cc(S(=O)(=O)N2CCCC2C(=O)Nc2ccc(F)cc2)cn1C. The molecule has 1 aromatic carbocycles. The van der Waals surface area contributed by atoms with Gasteiger partial charge in [0, 0.05) is 25.5 Å². The van der Waals surface area contributed by atoms with E-state index in [1.54, 1.807) is 0 Å². The van der Waals surface area contributed by atoms with Crippen LogP contribution >= 0.6 is 0 Å². The highest BCUT2D eigenvalue weighted by Crippen LogP contribution is 2.28. The van der Waals surface area contributed by atoms with E-state index < -0.39 is 33.8 Å². The van der Waals surface area contributed by atoms with E-state index in [0.29, 0.717) is 18.5 Å². The molecule has 1 aliphatic rings. The standard InChI is InChI=1S/C18H20FN3O5S/c1-21-11-14(10-16(21)18(24)27-2)28(25,26)22-9-3-4-15(22)17(23)20-13-7-5-12(19)6-8-13/h5-8,10-11,15H,3-4,9H2,1-2H3,(H,20,23). The minimum atomic E-state index is -3.99. The average molecular weight is 409 g/mol. The van der Waals surface area contributed by atoms with E-state index in [9.17, 15) is 22.4 Å². The van der Waals surface area contributed by atoms with Gasteiger partial charge in [-0.15, -0.1) is 0 Å². The number of rotatable bonds is 5. The van der Waals surface area contributed by atoms with Gasteiger partial charge in [-0.25, -0.2) is 17.6 Å². The van der Waals surface area contributed by atoms with Gasteiger partial charge in [-0.05, 0) is 43.2 Å². The van der Waals surface area contributed by atoms with Crippen molar-refractivity contribution in [3.63, 3.8) is 0 Å². The number of anilines is 1. The zero-order valence-electron chi connectivity index (χ0n) is 15.4. The Balaban J connectivity index is 1.84. The number of benzene rings is 1. The van der Waals surface area contributed by atoms with E-state index in [4.69, 9.17) is 0 Å². The summed E-state index contributed by atoms with van der Waals surface area (Å²) in [7, 11) is -1.25. The maximum Gasteiger partial charge on any atom is 0.354 e. The molecule has 1 fully saturated rings. The molecule has 0 saturated carbocycles. The van der Waals surface area contributed by atoms with E-state index in [1.165, 1.54) is 55.3 Å². The second kappa shape index (κ2) is 7.72. The molecule has 0 aliphatic carbocycles. The second-order valence-electron chi connectivity index (χ2n) is 6.43. The lowest BCUT2D eigenvalue weighted by molar-refractivity contribution is -0.119. The Labute approximate surface area is 161 Å². The Morgan fingerprint density at radius 3 is 2.57 bits per heavy atom. The van der Waals surface area contributed by atoms with E-state index in [-0.39, 0.29) is 17.1 Å². The Morgan fingerprint density at radius 1 is 1.25 bits per heavy atom. The number of nitrogens with one attached hydrogen (secondary N) is 1. The molecule has 0 radical (unpaired) electrons. The first-order valence-electron chi connectivity index (χ1n) is 8.57. The van der Waals surface area contributed by atoms with Crippen LogP contribution in [0.15, 0.2) is 41.4 Å². The summed E-state index contributed by atoms with van der Waals surface area (Å²) in [5.74, 6) is -1.58. The third-order valence-electron chi connectivity index (χ3n) is 4.60. The number of esters is 1. The van der Waals surface area contributed by atoms with Crippen LogP contribution in [0.5, 0.6) is 0 Å². The molecule has 150 valence electrons. The van der Waals surface area contributed by atoms with Crippen LogP contribution in [-0.4, -0.2) is 48.9 Å². The number of amides is 1. The molecule has 28 heavy (non-hydrogen) atoms. The van der Waals surface area contributed by atoms with Crippen molar-refractivity contribution in [2.45, 2.75) is 23.8 Å².